The van der Waals surface area contributed by atoms with Crippen LogP contribution in [0.4, 0.5) is 0 Å². The summed E-state index contributed by atoms with van der Waals surface area (Å²) in [6.07, 6.45) is 39.4. The number of carbonyl (C=O) groups is 4. The number of unbranched alkanes of at least 4 members (excludes halogenated alkanes) is 33. The summed E-state index contributed by atoms with van der Waals surface area (Å²) >= 11 is 0. The monoisotopic (exact) mass is 1230 g/mol. The van der Waals surface area contributed by atoms with E-state index in [-0.39, 0.29) is 25.7 Å². The van der Waals surface area contributed by atoms with Gasteiger partial charge in [0, 0.05) is 25.7 Å². The van der Waals surface area contributed by atoms with Crippen LogP contribution in [-0.4, -0.2) is 96.7 Å². The first-order chi connectivity index (χ1) is 39.9. The molecule has 3 N–H and O–H groups in total. The minimum absolute atomic E-state index is 0.104. The predicted octanol–water partition coefficient (Wildman–Crippen LogP) is 17.7. The van der Waals surface area contributed by atoms with E-state index < -0.39 is 97.5 Å². The van der Waals surface area contributed by atoms with E-state index in [0.29, 0.717) is 25.7 Å². The van der Waals surface area contributed by atoms with Crippen molar-refractivity contribution in [3.63, 3.8) is 0 Å². The maximum Gasteiger partial charge on any atom is 0.472 e. The molecule has 0 spiro atoms. The zero-order chi connectivity index (χ0) is 61.5. The molecular formula is C64H124O17P2. The van der Waals surface area contributed by atoms with Crippen molar-refractivity contribution in [1.82, 2.24) is 0 Å². The number of aliphatic hydroxyl groups is 1. The molecule has 83 heavy (non-hydrogen) atoms. The number of hydrogen-bond acceptors (Lipinski definition) is 15. The van der Waals surface area contributed by atoms with Gasteiger partial charge in [0.05, 0.1) is 26.4 Å². The molecule has 0 aromatic rings. The Kier molecular flexibility index (Phi) is 55.2. The van der Waals surface area contributed by atoms with Gasteiger partial charge in [-0.05, 0) is 37.5 Å². The number of esters is 4. The van der Waals surface area contributed by atoms with E-state index in [1.807, 2.05) is 0 Å². The predicted molar refractivity (Wildman–Crippen MR) is 331 cm³/mol. The van der Waals surface area contributed by atoms with Crippen molar-refractivity contribution in [3.8, 4) is 0 Å². The van der Waals surface area contributed by atoms with Gasteiger partial charge in [0.2, 0.25) is 0 Å². The van der Waals surface area contributed by atoms with Crippen LogP contribution in [0.2, 0.25) is 0 Å². The van der Waals surface area contributed by atoms with Gasteiger partial charge in [-0.1, -0.05) is 266 Å². The molecule has 0 aliphatic rings. The summed E-state index contributed by atoms with van der Waals surface area (Å²) in [5.41, 5.74) is 0. The first-order valence-electron chi connectivity index (χ1n) is 33.5. The summed E-state index contributed by atoms with van der Waals surface area (Å²) < 4.78 is 67.7. The van der Waals surface area contributed by atoms with Crippen LogP contribution >= 0.6 is 15.6 Å². The van der Waals surface area contributed by atoms with Crippen LogP contribution in [0, 0.1) is 11.8 Å². The van der Waals surface area contributed by atoms with Gasteiger partial charge in [0.1, 0.15) is 19.3 Å². The number of ether oxygens (including phenoxy) is 4. The van der Waals surface area contributed by atoms with Gasteiger partial charge in [0.25, 0.3) is 0 Å². The first-order valence-corrected chi connectivity index (χ1v) is 36.5. The maximum atomic E-state index is 13.0. The van der Waals surface area contributed by atoms with E-state index in [2.05, 4.69) is 41.5 Å². The molecule has 0 aliphatic carbocycles. The topological polar surface area (TPSA) is 237 Å². The minimum Gasteiger partial charge on any atom is -0.462 e. The Bertz CT molecular complexity index is 1630. The summed E-state index contributed by atoms with van der Waals surface area (Å²) in [6.45, 7) is 9.40. The lowest BCUT2D eigenvalue weighted by Gasteiger charge is -2.21. The lowest BCUT2D eigenvalue weighted by atomic mass is 10.0. The molecule has 0 rings (SSSR count). The van der Waals surface area contributed by atoms with E-state index in [9.17, 15) is 43.2 Å². The van der Waals surface area contributed by atoms with Gasteiger partial charge < -0.3 is 33.8 Å². The van der Waals surface area contributed by atoms with E-state index in [1.54, 1.807) is 0 Å². The molecule has 0 bridgehead atoms. The Morgan fingerprint density at radius 3 is 0.819 bits per heavy atom. The Morgan fingerprint density at radius 1 is 0.325 bits per heavy atom. The van der Waals surface area contributed by atoms with Gasteiger partial charge in [-0.3, -0.25) is 37.3 Å². The normalized spacial score (nSPS) is 14.3. The second-order valence-corrected chi connectivity index (χ2v) is 27.0. The van der Waals surface area contributed by atoms with Gasteiger partial charge in [0.15, 0.2) is 12.2 Å². The lowest BCUT2D eigenvalue weighted by Crippen LogP contribution is -2.30. The fourth-order valence-corrected chi connectivity index (χ4v) is 11.1. The first kappa shape index (κ1) is 81.1. The van der Waals surface area contributed by atoms with Crippen molar-refractivity contribution in [3.05, 3.63) is 0 Å². The van der Waals surface area contributed by atoms with E-state index in [1.165, 1.54) is 122 Å². The number of carbonyl (C=O) groups excluding carboxylic acids is 4. The van der Waals surface area contributed by atoms with E-state index >= 15 is 0 Å². The van der Waals surface area contributed by atoms with Gasteiger partial charge in [-0.25, -0.2) is 9.13 Å². The molecule has 0 aromatic heterocycles. The Hall–Kier alpha value is -1.94. The fraction of sp³-hybridized carbons (Fsp3) is 0.938. The highest BCUT2D eigenvalue weighted by Crippen LogP contribution is 2.45. The van der Waals surface area contributed by atoms with Crippen molar-refractivity contribution in [2.45, 2.75) is 336 Å². The van der Waals surface area contributed by atoms with Gasteiger partial charge in [-0.2, -0.15) is 0 Å². The quantitative estimate of drug-likeness (QED) is 0.0222. The lowest BCUT2D eigenvalue weighted by molar-refractivity contribution is -0.161. The fourth-order valence-electron chi connectivity index (χ4n) is 9.53. The van der Waals surface area contributed by atoms with Gasteiger partial charge in [-0.15, -0.1) is 0 Å². The van der Waals surface area contributed by atoms with Crippen LogP contribution in [0.25, 0.3) is 0 Å². The van der Waals surface area contributed by atoms with Crippen LogP contribution in [-0.2, 0) is 65.4 Å². The molecule has 0 fully saturated rings. The number of rotatable bonds is 63. The molecule has 2 unspecified atom stereocenters. The summed E-state index contributed by atoms with van der Waals surface area (Å²) in [5.74, 6) is -0.593. The Morgan fingerprint density at radius 2 is 0.554 bits per heavy atom. The van der Waals surface area contributed by atoms with Crippen LogP contribution in [0.5, 0.6) is 0 Å². The largest absolute Gasteiger partial charge is 0.472 e. The number of phosphoric ester groups is 2. The second kappa shape index (κ2) is 56.6. The Balaban J connectivity index is 5.15. The van der Waals surface area contributed by atoms with E-state index in [4.69, 9.17) is 37.0 Å². The molecule has 0 radical (unpaired) electrons. The molecule has 0 aromatic carbocycles. The SMILES string of the molecule is CCCCCCCCCCC(=O)O[C@H](COC(=O)CCCCCCC)COP(=O)(O)OC[C@H](O)COP(=O)(O)OC[C@@H](COC(=O)CCCCCCCCCCCCC(C)C)OC(=O)CCCCCCCCCCCCCCCCC(C)C. The van der Waals surface area contributed by atoms with Crippen molar-refractivity contribution in [1.29, 1.82) is 0 Å². The average Bonchev–Trinajstić information content (AvgIpc) is 3.45. The van der Waals surface area contributed by atoms with Gasteiger partial charge >= 0.3 is 39.5 Å². The molecule has 5 atom stereocenters. The summed E-state index contributed by atoms with van der Waals surface area (Å²) in [6, 6.07) is 0. The third kappa shape index (κ3) is 58.8. The zero-order valence-electron chi connectivity index (χ0n) is 53.5. The maximum absolute atomic E-state index is 13.0. The Labute approximate surface area is 505 Å². The smallest absolute Gasteiger partial charge is 0.462 e. The van der Waals surface area contributed by atoms with Crippen molar-refractivity contribution in [2.24, 2.45) is 11.8 Å². The molecule has 0 heterocycles. The highest BCUT2D eigenvalue weighted by molar-refractivity contribution is 7.47. The van der Waals surface area contributed by atoms with Crippen LogP contribution < -0.4 is 0 Å². The molecule has 0 aliphatic heterocycles. The standard InChI is InChI=1S/C64H124O17P2/c1-7-9-11-13-14-29-36-42-48-63(68)80-59(52-74-61(66)46-40-32-12-10-8-2)54-78-82(70,71)76-50-58(65)51-77-83(72,73)79-55-60(53-75-62(67)47-41-35-30-25-22-21-24-28-34-39-45-57(5)6)81-64(69)49-43-37-31-26-20-18-16-15-17-19-23-27-33-38-44-56(3)4/h56-60,65H,7-55H2,1-6H3,(H,70,71)(H,72,73)/t58-,59+,60+/m0/s1. The second-order valence-electron chi connectivity index (χ2n) is 24.1. The number of aliphatic hydroxyl groups excluding tert-OH is 1. The summed E-state index contributed by atoms with van der Waals surface area (Å²) in [7, 11) is -9.87. The molecule has 0 saturated carbocycles. The van der Waals surface area contributed by atoms with Crippen molar-refractivity contribution < 1.29 is 80.2 Å². The summed E-state index contributed by atoms with van der Waals surface area (Å²) in [4.78, 5) is 71.9. The van der Waals surface area contributed by atoms with Crippen molar-refractivity contribution in [2.75, 3.05) is 39.6 Å². The minimum atomic E-state index is -4.94. The molecular weight excluding hydrogens is 1100 g/mol. The number of hydrogen-bond donors (Lipinski definition) is 3. The van der Waals surface area contributed by atoms with Crippen molar-refractivity contribution >= 4 is 39.5 Å². The third-order valence-electron chi connectivity index (χ3n) is 14.7. The molecule has 0 amide bonds. The van der Waals surface area contributed by atoms with Crippen LogP contribution in [0.3, 0.4) is 0 Å². The van der Waals surface area contributed by atoms with Crippen LogP contribution in [0.1, 0.15) is 318 Å². The molecule has 492 valence electrons. The highest BCUT2D eigenvalue weighted by atomic mass is 31.2. The number of phosphoric acid groups is 2. The molecule has 17 nitrogen and oxygen atoms in total. The highest BCUT2D eigenvalue weighted by Gasteiger charge is 2.30. The zero-order valence-corrected chi connectivity index (χ0v) is 55.3. The molecule has 0 saturated heterocycles. The van der Waals surface area contributed by atoms with E-state index in [0.717, 1.165) is 115 Å². The summed E-state index contributed by atoms with van der Waals surface area (Å²) in [5, 5.41) is 10.5. The third-order valence-corrected chi connectivity index (χ3v) is 16.6. The van der Waals surface area contributed by atoms with Crippen LogP contribution in [0.15, 0.2) is 0 Å². The average molecular weight is 1230 g/mol. The molecule has 19 heteroatoms.